The van der Waals surface area contributed by atoms with E-state index in [2.05, 4.69) is 27.7 Å². The molecule has 0 heteroatoms. The number of rotatable bonds is 5. The molecule has 0 amide bonds. The molecule has 3 unspecified atom stereocenters. The van der Waals surface area contributed by atoms with Gasteiger partial charge in [0.25, 0.3) is 0 Å². The minimum absolute atomic E-state index is 0.912. The van der Waals surface area contributed by atoms with E-state index in [1.807, 2.05) is 0 Å². The number of unbranched alkanes of at least 4 members (excludes halogenated alkanes) is 2. The van der Waals surface area contributed by atoms with Gasteiger partial charge in [0, 0.05) is 0 Å². The third-order valence-corrected chi connectivity index (χ3v) is 3.82. The molecule has 1 aliphatic carbocycles. The molecule has 0 nitrogen and oxygen atoms in total. The second-order valence-electron chi connectivity index (χ2n) is 5.29. The standard InChI is InChI=1S/C13H26/c1-5-6-7-8-12-9-11(4)13(12)10(2)3/h10-13H,5-9H2,1-4H3. The lowest BCUT2D eigenvalue weighted by atomic mass is 9.59. The minimum Gasteiger partial charge on any atom is -0.0654 e. The van der Waals surface area contributed by atoms with Crippen LogP contribution < -0.4 is 0 Å². The summed E-state index contributed by atoms with van der Waals surface area (Å²) in [5, 5.41) is 0. The summed E-state index contributed by atoms with van der Waals surface area (Å²) in [7, 11) is 0. The van der Waals surface area contributed by atoms with Crippen molar-refractivity contribution >= 4 is 0 Å². The summed E-state index contributed by atoms with van der Waals surface area (Å²) in [4.78, 5) is 0. The molecule has 13 heavy (non-hydrogen) atoms. The lowest BCUT2D eigenvalue weighted by Gasteiger charge is -2.46. The average Bonchev–Trinajstić information content (AvgIpc) is 2.01. The molecular formula is C13H26. The van der Waals surface area contributed by atoms with Gasteiger partial charge in [-0.15, -0.1) is 0 Å². The summed E-state index contributed by atoms with van der Waals surface area (Å²) in [6, 6.07) is 0. The van der Waals surface area contributed by atoms with E-state index in [0.29, 0.717) is 0 Å². The maximum atomic E-state index is 2.43. The van der Waals surface area contributed by atoms with Crippen LogP contribution in [0.3, 0.4) is 0 Å². The summed E-state index contributed by atoms with van der Waals surface area (Å²) in [5.41, 5.74) is 0. The van der Waals surface area contributed by atoms with Gasteiger partial charge < -0.3 is 0 Å². The van der Waals surface area contributed by atoms with Gasteiger partial charge in [0.1, 0.15) is 0 Å². The van der Waals surface area contributed by atoms with Crippen LogP contribution in [-0.4, -0.2) is 0 Å². The molecule has 0 heterocycles. The molecule has 1 fully saturated rings. The Hall–Kier alpha value is 0. The van der Waals surface area contributed by atoms with Crippen molar-refractivity contribution < 1.29 is 0 Å². The minimum atomic E-state index is 0.912. The Kier molecular flexibility index (Phi) is 4.28. The third-order valence-electron chi connectivity index (χ3n) is 3.82. The van der Waals surface area contributed by atoms with Gasteiger partial charge in [-0.05, 0) is 30.1 Å². The highest BCUT2D eigenvalue weighted by Gasteiger charge is 2.38. The Balaban J connectivity index is 2.20. The second-order valence-corrected chi connectivity index (χ2v) is 5.29. The van der Waals surface area contributed by atoms with E-state index in [0.717, 1.165) is 23.7 Å². The normalized spacial score (nSPS) is 33.5. The number of hydrogen-bond donors (Lipinski definition) is 0. The summed E-state index contributed by atoms with van der Waals surface area (Å²) < 4.78 is 0. The lowest BCUT2D eigenvalue weighted by molar-refractivity contribution is 0.0354. The van der Waals surface area contributed by atoms with Crippen molar-refractivity contribution in [2.24, 2.45) is 23.7 Å². The Bertz CT molecular complexity index is 132. The van der Waals surface area contributed by atoms with Crippen LogP contribution in [0.4, 0.5) is 0 Å². The molecule has 78 valence electrons. The van der Waals surface area contributed by atoms with Gasteiger partial charge in [-0.25, -0.2) is 0 Å². The van der Waals surface area contributed by atoms with Crippen LogP contribution in [0.1, 0.15) is 59.8 Å². The molecule has 0 aromatic rings. The zero-order valence-electron chi connectivity index (χ0n) is 9.84. The fraction of sp³-hybridized carbons (Fsp3) is 1.00. The van der Waals surface area contributed by atoms with Crippen molar-refractivity contribution in [2.45, 2.75) is 59.8 Å². The second kappa shape index (κ2) is 5.02. The lowest BCUT2D eigenvalue weighted by Crippen LogP contribution is -2.38. The Labute approximate surface area is 84.1 Å². The van der Waals surface area contributed by atoms with E-state index in [-0.39, 0.29) is 0 Å². The van der Waals surface area contributed by atoms with E-state index < -0.39 is 0 Å². The van der Waals surface area contributed by atoms with Crippen LogP contribution in [0.15, 0.2) is 0 Å². The molecule has 0 N–H and O–H groups in total. The maximum absolute atomic E-state index is 2.43. The molecule has 0 spiro atoms. The molecule has 0 radical (unpaired) electrons. The van der Waals surface area contributed by atoms with E-state index in [9.17, 15) is 0 Å². The van der Waals surface area contributed by atoms with Gasteiger partial charge in [0.15, 0.2) is 0 Å². The van der Waals surface area contributed by atoms with Crippen molar-refractivity contribution in [1.82, 2.24) is 0 Å². The number of hydrogen-bond acceptors (Lipinski definition) is 0. The highest BCUT2D eigenvalue weighted by molar-refractivity contribution is 4.88. The topological polar surface area (TPSA) is 0 Å². The molecule has 0 bridgehead atoms. The molecule has 0 saturated heterocycles. The van der Waals surface area contributed by atoms with Crippen LogP contribution in [-0.2, 0) is 0 Å². The predicted molar refractivity (Wildman–Crippen MR) is 59.7 cm³/mol. The predicted octanol–water partition coefficient (Wildman–Crippen LogP) is 4.49. The van der Waals surface area contributed by atoms with Crippen molar-refractivity contribution in [1.29, 1.82) is 0 Å². The van der Waals surface area contributed by atoms with Gasteiger partial charge in [0.2, 0.25) is 0 Å². The molecule has 1 saturated carbocycles. The molecule has 0 aromatic carbocycles. The van der Waals surface area contributed by atoms with Crippen LogP contribution in [0.5, 0.6) is 0 Å². The van der Waals surface area contributed by atoms with E-state index in [1.54, 1.807) is 0 Å². The fourth-order valence-corrected chi connectivity index (χ4v) is 3.23. The highest BCUT2D eigenvalue weighted by Crippen LogP contribution is 2.47. The SMILES string of the molecule is CCCCCC1CC(C)C1C(C)C. The van der Waals surface area contributed by atoms with Crippen LogP contribution in [0.25, 0.3) is 0 Å². The van der Waals surface area contributed by atoms with Crippen molar-refractivity contribution in [3.63, 3.8) is 0 Å². The fourth-order valence-electron chi connectivity index (χ4n) is 3.23. The van der Waals surface area contributed by atoms with E-state index >= 15 is 0 Å². The monoisotopic (exact) mass is 182 g/mol. The smallest absolute Gasteiger partial charge is 0.0337 e. The molecule has 0 aromatic heterocycles. The van der Waals surface area contributed by atoms with Crippen molar-refractivity contribution in [3.05, 3.63) is 0 Å². The third kappa shape index (κ3) is 2.72. The first-order chi connectivity index (χ1) is 6.16. The van der Waals surface area contributed by atoms with Gasteiger partial charge in [-0.2, -0.15) is 0 Å². The Morgan fingerprint density at radius 1 is 1.23 bits per heavy atom. The first-order valence-electron chi connectivity index (χ1n) is 6.16. The first kappa shape index (κ1) is 11.1. The van der Waals surface area contributed by atoms with E-state index in [1.165, 1.54) is 32.1 Å². The Morgan fingerprint density at radius 3 is 2.38 bits per heavy atom. The first-order valence-corrected chi connectivity index (χ1v) is 6.16. The molecule has 0 aliphatic heterocycles. The molecular weight excluding hydrogens is 156 g/mol. The average molecular weight is 182 g/mol. The van der Waals surface area contributed by atoms with Crippen molar-refractivity contribution in [3.8, 4) is 0 Å². The quantitative estimate of drug-likeness (QED) is 0.549. The molecule has 1 rings (SSSR count). The van der Waals surface area contributed by atoms with Gasteiger partial charge in [-0.1, -0.05) is 53.4 Å². The maximum Gasteiger partial charge on any atom is -0.0337 e. The van der Waals surface area contributed by atoms with Gasteiger partial charge >= 0.3 is 0 Å². The van der Waals surface area contributed by atoms with E-state index in [4.69, 9.17) is 0 Å². The Morgan fingerprint density at radius 2 is 1.92 bits per heavy atom. The zero-order valence-corrected chi connectivity index (χ0v) is 9.84. The van der Waals surface area contributed by atoms with Gasteiger partial charge in [0.05, 0.1) is 0 Å². The highest BCUT2D eigenvalue weighted by atomic mass is 14.4. The zero-order chi connectivity index (χ0) is 9.84. The van der Waals surface area contributed by atoms with Crippen LogP contribution >= 0.6 is 0 Å². The molecule has 3 atom stereocenters. The summed E-state index contributed by atoms with van der Waals surface area (Å²) >= 11 is 0. The molecule has 1 aliphatic rings. The largest absolute Gasteiger partial charge is 0.0654 e. The summed E-state index contributed by atoms with van der Waals surface area (Å²) in [6.45, 7) is 9.52. The summed E-state index contributed by atoms with van der Waals surface area (Å²) in [6.07, 6.45) is 7.29. The van der Waals surface area contributed by atoms with Gasteiger partial charge in [-0.3, -0.25) is 0 Å². The summed E-state index contributed by atoms with van der Waals surface area (Å²) in [5.74, 6) is 4.03. The van der Waals surface area contributed by atoms with Crippen molar-refractivity contribution in [2.75, 3.05) is 0 Å². The van der Waals surface area contributed by atoms with Crippen LogP contribution in [0, 0.1) is 23.7 Å². The van der Waals surface area contributed by atoms with Crippen LogP contribution in [0.2, 0.25) is 0 Å².